The molecule has 0 saturated carbocycles. The Morgan fingerprint density at radius 1 is 1.14 bits per heavy atom. The van der Waals surface area contributed by atoms with Crippen molar-refractivity contribution < 1.29 is 9.53 Å². The number of rotatable bonds is 7. The van der Waals surface area contributed by atoms with Gasteiger partial charge in [-0.2, -0.15) is 0 Å². The fourth-order valence-corrected chi connectivity index (χ4v) is 2.95. The Labute approximate surface area is 163 Å². The van der Waals surface area contributed by atoms with Crippen molar-refractivity contribution in [3.63, 3.8) is 0 Å². The summed E-state index contributed by atoms with van der Waals surface area (Å²) in [5, 5.41) is 0.537. The molecule has 2 aromatic carbocycles. The van der Waals surface area contributed by atoms with Gasteiger partial charge in [0, 0.05) is 6.54 Å². The van der Waals surface area contributed by atoms with Crippen molar-refractivity contribution in [1.82, 2.24) is 15.0 Å². The van der Waals surface area contributed by atoms with Crippen molar-refractivity contribution in [2.75, 3.05) is 12.0 Å². The van der Waals surface area contributed by atoms with Gasteiger partial charge in [0.1, 0.15) is 5.75 Å². The van der Waals surface area contributed by atoms with Crippen LogP contribution in [0.3, 0.4) is 0 Å². The normalized spacial score (nSPS) is 10.9. The van der Waals surface area contributed by atoms with Gasteiger partial charge in [0.2, 0.25) is 5.95 Å². The van der Waals surface area contributed by atoms with E-state index in [1.165, 1.54) is 4.57 Å². The first kappa shape index (κ1) is 19.4. The number of nitrogens with one attached hydrogen (secondary N) is 2. The number of anilines is 1. The quantitative estimate of drug-likeness (QED) is 0.616. The van der Waals surface area contributed by atoms with Crippen LogP contribution in [-0.2, 0) is 11.3 Å². The highest BCUT2D eigenvalue weighted by Crippen LogP contribution is 2.25. The predicted octanol–water partition coefficient (Wildman–Crippen LogP) is 3.06. The SMILES string of the molecule is CCn1c(NNC(=O)COc2ccccc2C(C)C)nc2ccccc2c1=O. The number of nitrogens with zero attached hydrogens (tertiary/aromatic N) is 2. The van der Waals surface area contributed by atoms with Crippen LogP contribution < -0.4 is 21.1 Å². The first-order chi connectivity index (χ1) is 13.5. The van der Waals surface area contributed by atoms with E-state index in [0.717, 1.165) is 5.56 Å². The Morgan fingerprint density at radius 2 is 1.86 bits per heavy atom. The van der Waals surface area contributed by atoms with Gasteiger partial charge in [0.15, 0.2) is 6.61 Å². The molecule has 1 heterocycles. The Balaban J connectivity index is 1.69. The molecule has 0 radical (unpaired) electrons. The number of aromatic nitrogens is 2. The monoisotopic (exact) mass is 380 g/mol. The van der Waals surface area contributed by atoms with E-state index in [0.29, 0.717) is 23.2 Å². The number of para-hydroxylation sites is 2. The van der Waals surface area contributed by atoms with Crippen LogP contribution in [0.4, 0.5) is 5.95 Å². The summed E-state index contributed by atoms with van der Waals surface area (Å²) in [6.07, 6.45) is 0. The fourth-order valence-electron chi connectivity index (χ4n) is 2.95. The van der Waals surface area contributed by atoms with Crippen LogP contribution in [0.5, 0.6) is 5.75 Å². The van der Waals surface area contributed by atoms with Gasteiger partial charge in [-0.1, -0.05) is 44.2 Å². The Kier molecular flexibility index (Phi) is 5.93. The zero-order valence-corrected chi connectivity index (χ0v) is 16.2. The third-order valence-corrected chi connectivity index (χ3v) is 4.39. The maximum absolute atomic E-state index is 12.6. The molecule has 0 saturated heterocycles. The molecule has 3 aromatic rings. The number of amides is 1. The second-order valence-corrected chi connectivity index (χ2v) is 6.66. The second kappa shape index (κ2) is 8.56. The molecule has 3 rings (SSSR count). The van der Waals surface area contributed by atoms with Gasteiger partial charge in [-0.05, 0) is 36.6 Å². The molecule has 0 spiro atoms. The van der Waals surface area contributed by atoms with E-state index in [-0.39, 0.29) is 29.9 Å². The molecule has 0 bridgehead atoms. The third kappa shape index (κ3) is 4.14. The minimum atomic E-state index is -0.372. The van der Waals surface area contributed by atoms with Gasteiger partial charge < -0.3 is 4.74 Å². The number of hydrogen-bond donors (Lipinski definition) is 2. The zero-order chi connectivity index (χ0) is 20.1. The van der Waals surface area contributed by atoms with E-state index >= 15 is 0 Å². The van der Waals surface area contributed by atoms with E-state index in [1.54, 1.807) is 18.2 Å². The average molecular weight is 380 g/mol. The van der Waals surface area contributed by atoms with Crippen LogP contribution in [-0.4, -0.2) is 22.1 Å². The number of ether oxygens (including phenoxy) is 1. The highest BCUT2D eigenvalue weighted by molar-refractivity contribution is 5.80. The van der Waals surface area contributed by atoms with E-state index in [9.17, 15) is 9.59 Å². The van der Waals surface area contributed by atoms with Crippen LogP contribution >= 0.6 is 0 Å². The third-order valence-electron chi connectivity index (χ3n) is 4.39. The lowest BCUT2D eigenvalue weighted by Gasteiger charge is -2.15. The average Bonchev–Trinajstić information content (AvgIpc) is 2.71. The maximum atomic E-state index is 12.6. The fraction of sp³-hybridized carbons (Fsp3) is 0.286. The molecule has 0 fully saturated rings. The van der Waals surface area contributed by atoms with Crippen LogP contribution in [0.25, 0.3) is 10.9 Å². The van der Waals surface area contributed by atoms with Crippen molar-refractivity contribution in [3.8, 4) is 5.75 Å². The zero-order valence-electron chi connectivity index (χ0n) is 16.2. The van der Waals surface area contributed by atoms with Crippen molar-refractivity contribution in [2.45, 2.75) is 33.2 Å². The predicted molar refractivity (Wildman–Crippen MR) is 109 cm³/mol. The number of carbonyl (C=O) groups excluding carboxylic acids is 1. The molecule has 7 heteroatoms. The van der Waals surface area contributed by atoms with Gasteiger partial charge in [-0.25, -0.2) is 4.98 Å². The summed E-state index contributed by atoms with van der Waals surface area (Å²) in [5.74, 6) is 0.880. The Morgan fingerprint density at radius 3 is 2.61 bits per heavy atom. The maximum Gasteiger partial charge on any atom is 0.276 e. The molecule has 0 aliphatic carbocycles. The van der Waals surface area contributed by atoms with Crippen molar-refractivity contribution in [3.05, 3.63) is 64.4 Å². The lowest BCUT2D eigenvalue weighted by atomic mass is 10.0. The molecule has 1 amide bonds. The first-order valence-corrected chi connectivity index (χ1v) is 9.27. The number of benzene rings is 2. The van der Waals surface area contributed by atoms with Crippen molar-refractivity contribution >= 4 is 22.8 Å². The number of hydrazine groups is 1. The van der Waals surface area contributed by atoms with Gasteiger partial charge in [-0.15, -0.1) is 0 Å². The first-order valence-electron chi connectivity index (χ1n) is 9.27. The summed E-state index contributed by atoms with van der Waals surface area (Å²) in [6, 6.07) is 14.7. The molecular formula is C21H24N4O3. The molecule has 0 unspecified atom stereocenters. The summed E-state index contributed by atoms with van der Waals surface area (Å²) in [6.45, 7) is 6.25. The molecule has 0 aliphatic rings. The van der Waals surface area contributed by atoms with Gasteiger partial charge >= 0.3 is 0 Å². The molecule has 0 atom stereocenters. The molecule has 146 valence electrons. The topological polar surface area (TPSA) is 85.2 Å². The summed E-state index contributed by atoms with van der Waals surface area (Å²) >= 11 is 0. The molecule has 2 N–H and O–H groups in total. The van der Waals surface area contributed by atoms with Crippen LogP contribution in [0, 0.1) is 0 Å². The lowest BCUT2D eigenvalue weighted by molar-refractivity contribution is -0.122. The Hall–Kier alpha value is -3.35. The highest BCUT2D eigenvalue weighted by atomic mass is 16.5. The summed E-state index contributed by atoms with van der Waals surface area (Å²) in [5.41, 5.74) is 6.74. The number of fused-ring (bicyclic) bond motifs is 1. The number of hydrogen-bond acceptors (Lipinski definition) is 5. The molecular weight excluding hydrogens is 356 g/mol. The van der Waals surface area contributed by atoms with Crippen LogP contribution in [0.15, 0.2) is 53.3 Å². The molecule has 28 heavy (non-hydrogen) atoms. The summed E-state index contributed by atoms with van der Waals surface area (Å²) in [7, 11) is 0. The van der Waals surface area contributed by atoms with E-state index in [4.69, 9.17) is 4.74 Å². The van der Waals surface area contributed by atoms with Crippen molar-refractivity contribution in [2.24, 2.45) is 0 Å². The van der Waals surface area contributed by atoms with Crippen LogP contribution in [0.2, 0.25) is 0 Å². The van der Waals surface area contributed by atoms with Crippen molar-refractivity contribution in [1.29, 1.82) is 0 Å². The standard InChI is InChI=1S/C21H24N4O3/c1-4-25-20(27)16-10-5-7-11-17(16)22-21(25)24-23-19(26)13-28-18-12-8-6-9-15(18)14(2)3/h5-12,14H,4,13H2,1-3H3,(H,22,24)(H,23,26). The van der Waals surface area contributed by atoms with Gasteiger partial charge in [0.25, 0.3) is 11.5 Å². The van der Waals surface area contributed by atoms with E-state index in [2.05, 4.69) is 29.7 Å². The minimum Gasteiger partial charge on any atom is -0.483 e. The van der Waals surface area contributed by atoms with Gasteiger partial charge in [0.05, 0.1) is 10.9 Å². The smallest absolute Gasteiger partial charge is 0.276 e. The van der Waals surface area contributed by atoms with E-state index in [1.807, 2.05) is 37.3 Å². The molecule has 0 aliphatic heterocycles. The number of carbonyl (C=O) groups is 1. The summed E-state index contributed by atoms with van der Waals surface area (Å²) < 4.78 is 7.13. The minimum absolute atomic E-state index is 0.152. The summed E-state index contributed by atoms with van der Waals surface area (Å²) in [4.78, 5) is 29.2. The van der Waals surface area contributed by atoms with Gasteiger partial charge in [-0.3, -0.25) is 25.0 Å². The van der Waals surface area contributed by atoms with Crippen LogP contribution in [0.1, 0.15) is 32.3 Å². The lowest BCUT2D eigenvalue weighted by Crippen LogP contribution is -2.37. The largest absolute Gasteiger partial charge is 0.483 e. The molecule has 7 nitrogen and oxygen atoms in total. The Bertz CT molecular complexity index is 1040. The highest BCUT2D eigenvalue weighted by Gasteiger charge is 2.12. The van der Waals surface area contributed by atoms with E-state index < -0.39 is 0 Å². The molecule has 1 aromatic heterocycles. The second-order valence-electron chi connectivity index (χ2n) is 6.66.